The third kappa shape index (κ3) is 5.61. The fraction of sp³-hybridized carbons (Fsp3) is 0.923. The minimum atomic E-state index is -0.656. The summed E-state index contributed by atoms with van der Waals surface area (Å²) in [4.78, 5) is 12.1. The van der Waals surface area contributed by atoms with Crippen LogP contribution in [-0.4, -0.2) is 25.3 Å². The van der Waals surface area contributed by atoms with Gasteiger partial charge in [-0.25, -0.2) is 0 Å². The van der Waals surface area contributed by atoms with E-state index in [0.717, 1.165) is 25.7 Å². The third-order valence-electron chi connectivity index (χ3n) is 2.67. The number of hydrogen-bond acceptors (Lipinski definition) is 3. The van der Waals surface area contributed by atoms with E-state index in [-0.39, 0.29) is 11.7 Å². The monoisotopic (exact) mass is 230 g/mol. The van der Waals surface area contributed by atoms with Gasteiger partial charge in [-0.05, 0) is 26.7 Å². The van der Waals surface area contributed by atoms with Crippen molar-refractivity contribution in [3.8, 4) is 0 Å². The second-order valence-corrected chi connectivity index (χ2v) is 3.89. The second kappa shape index (κ2) is 9.79. The summed E-state index contributed by atoms with van der Waals surface area (Å²) in [6, 6.07) is 0. The summed E-state index contributed by atoms with van der Waals surface area (Å²) in [6.07, 6.45) is 3.38. The minimum Gasteiger partial charge on any atom is -0.346 e. The molecule has 0 aromatic heterocycles. The van der Waals surface area contributed by atoms with Crippen molar-refractivity contribution in [2.75, 3.05) is 13.2 Å². The number of Topliss-reactive ketones (excluding diaryl/α,β-unsaturated/α-hetero) is 1. The van der Waals surface area contributed by atoms with Gasteiger partial charge in [0, 0.05) is 19.1 Å². The zero-order valence-electron chi connectivity index (χ0n) is 11.1. The number of carbonyl (C=O) groups is 1. The Kier molecular flexibility index (Phi) is 9.54. The summed E-state index contributed by atoms with van der Waals surface area (Å²) >= 11 is 0. The predicted molar refractivity (Wildman–Crippen MR) is 65.4 cm³/mol. The maximum atomic E-state index is 12.1. The molecule has 0 saturated carbocycles. The van der Waals surface area contributed by atoms with Crippen LogP contribution in [0.2, 0.25) is 0 Å². The normalized spacial score (nSPS) is 13.1. The van der Waals surface area contributed by atoms with Gasteiger partial charge in [-0.15, -0.1) is 0 Å². The maximum absolute atomic E-state index is 12.1. The Balaban J connectivity index is 4.29. The Morgan fingerprint density at radius 2 is 1.62 bits per heavy atom. The van der Waals surface area contributed by atoms with E-state index < -0.39 is 6.29 Å². The summed E-state index contributed by atoms with van der Waals surface area (Å²) < 4.78 is 10.7. The summed E-state index contributed by atoms with van der Waals surface area (Å²) in [6.45, 7) is 8.98. The molecule has 3 heteroatoms. The molecule has 96 valence electrons. The highest BCUT2D eigenvalue weighted by atomic mass is 16.7. The van der Waals surface area contributed by atoms with Crippen molar-refractivity contribution < 1.29 is 14.3 Å². The lowest BCUT2D eigenvalue weighted by molar-refractivity contribution is -0.172. The van der Waals surface area contributed by atoms with Crippen LogP contribution in [0.4, 0.5) is 0 Å². The molecule has 0 aromatic rings. The van der Waals surface area contributed by atoms with Crippen molar-refractivity contribution >= 4 is 5.78 Å². The molecule has 1 atom stereocenters. The molecule has 0 fully saturated rings. The molecule has 16 heavy (non-hydrogen) atoms. The van der Waals surface area contributed by atoms with Gasteiger partial charge >= 0.3 is 0 Å². The highest BCUT2D eigenvalue weighted by Gasteiger charge is 2.26. The molecule has 0 radical (unpaired) electrons. The van der Waals surface area contributed by atoms with E-state index in [2.05, 4.69) is 6.92 Å². The van der Waals surface area contributed by atoms with E-state index in [0.29, 0.717) is 13.2 Å². The Morgan fingerprint density at radius 1 is 1.06 bits per heavy atom. The van der Waals surface area contributed by atoms with Crippen LogP contribution in [0.1, 0.15) is 53.4 Å². The van der Waals surface area contributed by atoms with Crippen molar-refractivity contribution in [1.29, 1.82) is 0 Å². The minimum absolute atomic E-state index is 0.0862. The van der Waals surface area contributed by atoms with Crippen LogP contribution in [0.5, 0.6) is 0 Å². The van der Waals surface area contributed by atoms with Crippen molar-refractivity contribution in [2.24, 2.45) is 5.92 Å². The van der Waals surface area contributed by atoms with E-state index >= 15 is 0 Å². The molecule has 0 N–H and O–H groups in total. The van der Waals surface area contributed by atoms with Crippen molar-refractivity contribution in [2.45, 2.75) is 59.7 Å². The molecule has 0 rings (SSSR count). The SMILES string of the molecule is CCCCC(CC)C(=O)C(OCC)OCC. The molecule has 1 unspecified atom stereocenters. The average Bonchev–Trinajstić information content (AvgIpc) is 2.29. The molecule has 0 aromatic carbocycles. The van der Waals surface area contributed by atoms with Gasteiger partial charge in [0.15, 0.2) is 5.78 Å². The summed E-state index contributed by atoms with van der Waals surface area (Å²) in [5, 5.41) is 0. The topological polar surface area (TPSA) is 35.5 Å². The fourth-order valence-corrected chi connectivity index (χ4v) is 1.71. The van der Waals surface area contributed by atoms with Crippen molar-refractivity contribution in [3.05, 3.63) is 0 Å². The van der Waals surface area contributed by atoms with Crippen LogP contribution in [-0.2, 0) is 14.3 Å². The van der Waals surface area contributed by atoms with Crippen LogP contribution in [0.15, 0.2) is 0 Å². The quantitative estimate of drug-likeness (QED) is 0.541. The molecular weight excluding hydrogens is 204 g/mol. The number of ketones is 1. The number of hydrogen-bond donors (Lipinski definition) is 0. The lowest BCUT2D eigenvalue weighted by atomic mass is 9.94. The molecule has 0 bridgehead atoms. The number of carbonyl (C=O) groups excluding carboxylic acids is 1. The Labute approximate surface area is 99.5 Å². The van der Waals surface area contributed by atoms with Crippen LogP contribution >= 0.6 is 0 Å². The number of unbranched alkanes of at least 4 members (excludes halogenated alkanes) is 1. The van der Waals surface area contributed by atoms with Gasteiger partial charge in [0.1, 0.15) is 0 Å². The van der Waals surface area contributed by atoms with Crippen LogP contribution in [0.3, 0.4) is 0 Å². The first-order valence-electron chi connectivity index (χ1n) is 6.48. The maximum Gasteiger partial charge on any atom is 0.218 e. The zero-order chi connectivity index (χ0) is 12.4. The van der Waals surface area contributed by atoms with Gasteiger partial charge < -0.3 is 9.47 Å². The fourth-order valence-electron chi connectivity index (χ4n) is 1.71. The number of rotatable bonds is 10. The molecule has 0 heterocycles. The van der Waals surface area contributed by atoms with Crippen molar-refractivity contribution in [1.82, 2.24) is 0 Å². The third-order valence-corrected chi connectivity index (χ3v) is 2.67. The van der Waals surface area contributed by atoms with E-state index in [1.165, 1.54) is 0 Å². The summed E-state index contributed by atoms with van der Waals surface area (Å²) in [7, 11) is 0. The van der Waals surface area contributed by atoms with Gasteiger partial charge in [0.2, 0.25) is 6.29 Å². The molecule has 0 aliphatic rings. The summed E-state index contributed by atoms with van der Waals surface area (Å²) in [5.74, 6) is 0.197. The summed E-state index contributed by atoms with van der Waals surface area (Å²) in [5.41, 5.74) is 0. The molecule has 3 nitrogen and oxygen atoms in total. The van der Waals surface area contributed by atoms with Crippen LogP contribution in [0.25, 0.3) is 0 Å². The highest BCUT2D eigenvalue weighted by Crippen LogP contribution is 2.17. The molecule has 0 aliphatic heterocycles. The molecule has 0 aliphatic carbocycles. The Hall–Kier alpha value is -0.410. The smallest absolute Gasteiger partial charge is 0.218 e. The van der Waals surface area contributed by atoms with Gasteiger partial charge in [0.25, 0.3) is 0 Å². The lowest BCUT2D eigenvalue weighted by Crippen LogP contribution is -2.33. The highest BCUT2D eigenvalue weighted by molar-refractivity contribution is 5.84. The molecule has 0 saturated heterocycles. The first-order valence-corrected chi connectivity index (χ1v) is 6.48. The molecule has 0 spiro atoms. The van der Waals surface area contributed by atoms with Gasteiger partial charge in [0.05, 0.1) is 0 Å². The first kappa shape index (κ1) is 15.6. The zero-order valence-corrected chi connectivity index (χ0v) is 11.1. The Morgan fingerprint density at radius 3 is 2.00 bits per heavy atom. The van der Waals surface area contributed by atoms with Crippen molar-refractivity contribution in [3.63, 3.8) is 0 Å². The van der Waals surface area contributed by atoms with Crippen LogP contribution < -0.4 is 0 Å². The van der Waals surface area contributed by atoms with Gasteiger partial charge in [-0.2, -0.15) is 0 Å². The molecular formula is C13H26O3. The van der Waals surface area contributed by atoms with Crippen LogP contribution in [0, 0.1) is 5.92 Å². The predicted octanol–water partition coefficient (Wildman–Crippen LogP) is 3.17. The van der Waals surface area contributed by atoms with E-state index in [4.69, 9.17) is 9.47 Å². The lowest BCUT2D eigenvalue weighted by Gasteiger charge is -2.21. The van der Waals surface area contributed by atoms with E-state index in [1.54, 1.807) is 0 Å². The molecule has 0 amide bonds. The van der Waals surface area contributed by atoms with Gasteiger partial charge in [-0.1, -0.05) is 26.7 Å². The van der Waals surface area contributed by atoms with E-state index in [1.807, 2.05) is 20.8 Å². The second-order valence-electron chi connectivity index (χ2n) is 3.89. The first-order chi connectivity index (χ1) is 7.71. The van der Waals surface area contributed by atoms with E-state index in [9.17, 15) is 4.79 Å². The Bertz CT molecular complexity index is 174. The number of ether oxygens (including phenoxy) is 2. The average molecular weight is 230 g/mol. The van der Waals surface area contributed by atoms with Gasteiger partial charge in [-0.3, -0.25) is 4.79 Å². The largest absolute Gasteiger partial charge is 0.346 e. The standard InChI is InChI=1S/C13H26O3/c1-5-9-10-11(6-2)12(14)13(15-7-3)16-8-4/h11,13H,5-10H2,1-4H3.